The van der Waals surface area contributed by atoms with Crippen molar-refractivity contribution in [3.63, 3.8) is 0 Å². The Morgan fingerprint density at radius 2 is 2.05 bits per heavy atom. The molecule has 0 unspecified atom stereocenters. The predicted molar refractivity (Wildman–Crippen MR) is 86.2 cm³/mol. The highest BCUT2D eigenvalue weighted by atomic mass is 32.2. The van der Waals surface area contributed by atoms with Gasteiger partial charge in [-0.2, -0.15) is 0 Å². The second kappa shape index (κ2) is 6.55. The molecular formula is C14H19N3O2S2. The van der Waals surface area contributed by atoms with Crippen LogP contribution in [0.1, 0.15) is 23.1 Å². The number of nitrogens with one attached hydrogen (secondary N) is 2. The molecule has 114 valence electrons. The quantitative estimate of drug-likeness (QED) is 0.856. The van der Waals surface area contributed by atoms with Crippen molar-refractivity contribution in [2.24, 2.45) is 0 Å². The smallest absolute Gasteiger partial charge is 0.263 e. The summed E-state index contributed by atoms with van der Waals surface area (Å²) in [5, 5.41) is 3.58. The summed E-state index contributed by atoms with van der Waals surface area (Å²) >= 11 is 1.34. The zero-order chi connectivity index (χ0) is 15.5. The third-order valence-corrected chi connectivity index (χ3v) is 5.49. The van der Waals surface area contributed by atoms with Crippen LogP contribution in [0.2, 0.25) is 0 Å². The fourth-order valence-corrected chi connectivity index (χ4v) is 3.90. The molecule has 0 saturated heterocycles. The van der Waals surface area contributed by atoms with Gasteiger partial charge < -0.3 is 5.32 Å². The summed E-state index contributed by atoms with van der Waals surface area (Å²) in [6.07, 6.45) is 0. The van der Waals surface area contributed by atoms with Crippen molar-refractivity contribution in [3.05, 3.63) is 40.4 Å². The first kappa shape index (κ1) is 15.9. The number of hydrogen-bond acceptors (Lipinski definition) is 5. The molecule has 2 N–H and O–H groups in total. The van der Waals surface area contributed by atoms with Gasteiger partial charge in [-0.25, -0.2) is 13.4 Å². The number of aromatic nitrogens is 1. The Hall–Kier alpha value is -1.44. The molecule has 0 bridgehead atoms. The third kappa shape index (κ3) is 4.03. The van der Waals surface area contributed by atoms with Crippen molar-refractivity contribution in [2.75, 3.05) is 11.3 Å². The number of anilines is 1. The first-order valence-electron chi connectivity index (χ1n) is 6.69. The van der Waals surface area contributed by atoms with E-state index < -0.39 is 10.0 Å². The van der Waals surface area contributed by atoms with Gasteiger partial charge in [-0.3, -0.25) is 4.72 Å². The first-order chi connectivity index (χ1) is 9.92. The molecule has 0 aliphatic carbocycles. The predicted octanol–water partition coefficient (Wildman–Crippen LogP) is 2.67. The van der Waals surface area contributed by atoms with Crippen LogP contribution in [0, 0.1) is 13.8 Å². The van der Waals surface area contributed by atoms with Gasteiger partial charge in [0.2, 0.25) is 0 Å². The molecule has 1 aromatic carbocycles. The zero-order valence-electron chi connectivity index (χ0n) is 12.3. The molecule has 0 aliphatic rings. The molecule has 0 fully saturated rings. The van der Waals surface area contributed by atoms with Crippen molar-refractivity contribution < 1.29 is 8.42 Å². The summed E-state index contributed by atoms with van der Waals surface area (Å²) in [6.45, 7) is 7.28. The Bertz CT molecular complexity index is 704. The van der Waals surface area contributed by atoms with E-state index in [2.05, 4.69) is 15.0 Å². The fraction of sp³-hybridized carbons (Fsp3) is 0.357. The van der Waals surface area contributed by atoms with Crippen LogP contribution >= 0.6 is 11.3 Å². The van der Waals surface area contributed by atoms with E-state index in [9.17, 15) is 8.42 Å². The molecule has 7 heteroatoms. The Morgan fingerprint density at radius 1 is 1.29 bits per heavy atom. The van der Waals surface area contributed by atoms with Gasteiger partial charge in [-0.1, -0.05) is 19.1 Å². The zero-order valence-corrected chi connectivity index (χ0v) is 13.9. The first-order valence-corrected chi connectivity index (χ1v) is 8.99. The number of sulfonamides is 1. The summed E-state index contributed by atoms with van der Waals surface area (Å²) in [7, 11) is -3.59. The van der Waals surface area contributed by atoms with Gasteiger partial charge >= 0.3 is 0 Å². The maximum Gasteiger partial charge on any atom is 0.263 e. The van der Waals surface area contributed by atoms with Gasteiger partial charge in [0.25, 0.3) is 10.0 Å². The fourth-order valence-electron chi connectivity index (χ4n) is 1.78. The summed E-state index contributed by atoms with van der Waals surface area (Å²) in [5.74, 6) is 0. The van der Waals surface area contributed by atoms with Crippen LogP contribution in [0.5, 0.6) is 0 Å². The molecule has 0 radical (unpaired) electrons. The minimum atomic E-state index is -3.59. The minimum Gasteiger partial charge on any atom is -0.313 e. The van der Waals surface area contributed by atoms with Gasteiger partial charge in [-0.15, -0.1) is 11.3 Å². The molecule has 1 aromatic heterocycles. The molecule has 0 amide bonds. The van der Waals surface area contributed by atoms with E-state index in [0.29, 0.717) is 11.7 Å². The lowest BCUT2D eigenvalue weighted by Gasteiger charge is -2.07. The van der Waals surface area contributed by atoms with Gasteiger partial charge in [0.1, 0.15) is 0 Å². The highest BCUT2D eigenvalue weighted by Gasteiger charge is 2.17. The SMILES string of the molecule is CCNCc1cccc(S(=O)(=O)Nc2nc(C)c(C)s2)c1. The van der Waals surface area contributed by atoms with E-state index in [0.717, 1.165) is 22.7 Å². The van der Waals surface area contributed by atoms with E-state index in [1.54, 1.807) is 18.2 Å². The Labute approximate surface area is 129 Å². The summed E-state index contributed by atoms with van der Waals surface area (Å²) in [6, 6.07) is 6.92. The molecule has 0 aliphatic heterocycles. The number of benzene rings is 1. The van der Waals surface area contributed by atoms with Gasteiger partial charge in [0, 0.05) is 11.4 Å². The van der Waals surface area contributed by atoms with Crippen LogP contribution in [0.4, 0.5) is 5.13 Å². The van der Waals surface area contributed by atoms with Gasteiger partial charge in [-0.05, 0) is 38.1 Å². The van der Waals surface area contributed by atoms with Crippen LogP contribution in [-0.4, -0.2) is 19.9 Å². The van der Waals surface area contributed by atoms with Gasteiger partial charge in [0.15, 0.2) is 5.13 Å². The van der Waals surface area contributed by atoms with Crippen molar-refractivity contribution in [1.82, 2.24) is 10.3 Å². The molecule has 21 heavy (non-hydrogen) atoms. The van der Waals surface area contributed by atoms with Crippen LogP contribution < -0.4 is 10.0 Å². The molecule has 0 spiro atoms. The second-order valence-corrected chi connectivity index (χ2v) is 7.58. The Morgan fingerprint density at radius 3 is 2.67 bits per heavy atom. The van der Waals surface area contributed by atoms with Crippen LogP contribution in [0.25, 0.3) is 0 Å². The van der Waals surface area contributed by atoms with E-state index in [-0.39, 0.29) is 4.90 Å². The van der Waals surface area contributed by atoms with E-state index >= 15 is 0 Å². The van der Waals surface area contributed by atoms with Crippen molar-refractivity contribution >= 4 is 26.5 Å². The monoisotopic (exact) mass is 325 g/mol. The lowest BCUT2D eigenvalue weighted by molar-refractivity contribution is 0.601. The average molecular weight is 325 g/mol. The van der Waals surface area contributed by atoms with E-state index in [1.165, 1.54) is 11.3 Å². The summed E-state index contributed by atoms with van der Waals surface area (Å²) in [5.41, 5.74) is 1.78. The normalized spacial score (nSPS) is 11.6. The van der Waals surface area contributed by atoms with Crippen LogP contribution in [0.3, 0.4) is 0 Å². The lowest BCUT2D eigenvalue weighted by atomic mass is 10.2. The van der Waals surface area contributed by atoms with Crippen molar-refractivity contribution in [1.29, 1.82) is 0 Å². The molecule has 2 aromatic rings. The molecule has 0 atom stereocenters. The maximum atomic E-state index is 12.4. The number of aryl methyl sites for hydroxylation is 2. The van der Waals surface area contributed by atoms with Crippen LogP contribution in [0.15, 0.2) is 29.2 Å². The number of nitrogens with zero attached hydrogens (tertiary/aromatic N) is 1. The number of thiazole rings is 1. The van der Waals surface area contributed by atoms with E-state index in [1.807, 2.05) is 26.8 Å². The molecule has 2 rings (SSSR count). The summed E-state index contributed by atoms with van der Waals surface area (Å²) in [4.78, 5) is 5.47. The average Bonchev–Trinajstić information content (AvgIpc) is 2.74. The van der Waals surface area contributed by atoms with Crippen LogP contribution in [-0.2, 0) is 16.6 Å². The highest BCUT2D eigenvalue weighted by molar-refractivity contribution is 7.93. The van der Waals surface area contributed by atoms with Crippen molar-refractivity contribution in [3.8, 4) is 0 Å². The van der Waals surface area contributed by atoms with Crippen molar-refractivity contribution in [2.45, 2.75) is 32.2 Å². The van der Waals surface area contributed by atoms with E-state index in [4.69, 9.17) is 0 Å². The maximum absolute atomic E-state index is 12.4. The summed E-state index contributed by atoms with van der Waals surface area (Å²) < 4.78 is 27.3. The number of rotatable bonds is 6. The topological polar surface area (TPSA) is 71.1 Å². The third-order valence-electron chi connectivity index (χ3n) is 3.04. The molecule has 1 heterocycles. The number of hydrogen-bond donors (Lipinski definition) is 2. The minimum absolute atomic E-state index is 0.253. The Kier molecular flexibility index (Phi) is 4.97. The van der Waals surface area contributed by atoms with Gasteiger partial charge in [0.05, 0.1) is 10.6 Å². The highest BCUT2D eigenvalue weighted by Crippen LogP contribution is 2.24. The molecule has 5 nitrogen and oxygen atoms in total. The lowest BCUT2D eigenvalue weighted by Crippen LogP contribution is -2.15. The Balaban J connectivity index is 2.22. The largest absolute Gasteiger partial charge is 0.313 e. The molecular weight excluding hydrogens is 306 g/mol. The molecule has 0 saturated carbocycles. The standard InChI is InChI=1S/C14H19N3O2S2/c1-4-15-9-12-6-5-7-13(8-12)21(18,19)17-14-16-10(2)11(3)20-14/h5-8,15H,4,9H2,1-3H3,(H,16,17). The second-order valence-electron chi connectivity index (χ2n) is 4.69.